The predicted molar refractivity (Wildman–Crippen MR) is 103 cm³/mol. The highest BCUT2D eigenvalue weighted by Gasteiger charge is 2.20. The van der Waals surface area contributed by atoms with E-state index in [4.69, 9.17) is 9.47 Å². The van der Waals surface area contributed by atoms with Crippen LogP contribution in [0.4, 0.5) is 5.13 Å². The van der Waals surface area contributed by atoms with E-state index in [0.717, 1.165) is 39.1 Å². The molecule has 0 saturated carbocycles. The molecule has 26 heavy (non-hydrogen) atoms. The van der Waals surface area contributed by atoms with Gasteiger partial charge in [0.15, 0.2) is 5.13 Å². The largest absolute Gasteiger partial charge is 0.496 e. The normalized spacial score (nSPS) is 10.6. The highest BCUT2D eigenvalue weighted by atomic mass is 32.1. The van der Waals surface area contributed by atoms with E-state index in [0.29, 0.717) is 12.1 Å². The molecule has 6 nitrogen and oxygen atoms in total. The number of benzene rings is 1. The number of aryl methyl sites for hydroxylation is 1. The SMILES string of the molecule is COC(=O)c1c(C)[nH]c(-c2csc(NCc3ccccc3OC)n2)c1C. The molecule has 0 saturated heterocycles. The Kier molecular flexibility index (Phi) is 5.27. The highest BCUT2D eigenvalue weighted by Crippen LogP contribution is 2.31. The Hall–Kier alpha value is -2.80. The molecule has 0 bridgehead atoms. The number of ether oxygens (including phenoxy) is 2. The molecule has 0 atom stereocenters. The van der Waals surface area contributed by atoms with E-state index >= 15 is 0 Å². The number of anilines is 1. The lowest BCUT2D eigenvalue weighted by atomic mass is 10.1. The number of methoxy groups -OCH3 is 2. The first-order valence-electron chi connectivity index (χ1n) is 8.14. The minimum atomic E-state index is -0.341. The lowest BCUT2D eigenvalue weighted by Crippen LogP contribution is -2.03. The summed E-state index contributed by atoms with van der Waals surface area (Å²) in [5, 5.41) is 6.09. The van der Waals surface area contributed by atoms with E-state index in [2.05, 4.69) is 15.3 Å². The van der Waals surface area contributed by atoms with Gasteiger partial charge in [0.1, 0.15) is 11.4 Å². The van der Waals surface area contributed by atoms with Crippen LogP contribution in [-0.4, -0.2) is 30.2 Å². The second kappa shape index (κ2) is 7.61. The van der Waals surface area contributed by atoms with Gasteiger partial charge >= 0.3 is 5.97 Å². The van der Waals surface area contributed by atoms with Crippen molar-refractivity contribution in [1.29, 1.82) is 0 Å². The molecule has 0 unspecified atom stereocenters. The van der Waals surface area contributed by atoms with Crippen LogP contribution in [0.5, 0.6) is 5.75 Å². The third kappa shape index (κ3) is 3.43. The summed E-state index contributed by atoms with van der Waals surface area (Å²) in [5.74, 6) is 0.502. The summed E-state index contributed by atoms with van der Waals surface area (Å²) in [4.78, 5) is 19.8. The summed E-state index contributed by atoms with van der Waals surface area (Å²) in [6, 6.07) is 7.87. The van der Waals surface area contributed by atoms with Crippen LogP contribution in [0.2, 0.25) is 0 Å². The minimum Gasteiger partial charge on any atom is -0.496 e. The zero-order valence-corrected chi connectivity index (χ0v) is 16.0. The Labute approximate surface area is 156 Å². The Morgan fingerprint density at radius 1 is 1.27 bits per heavy atom. The van der Waals surface area contributed by atoms with Gasteiger partial charge in [-0.3, -0.25) is 0 Å². The fourth-order valence-electron chi connectivity index (χ4n) is 2.90. The van der Waals surface area contributed by atoms with Gasteiger partial charge in [0, 0.05) is 23.2 Å². The summed E-state index contributed by atoms with van der Waals surface area (Å²) in [6.45, 7) is 4.37. The number of carbonyl (C=O) groups is 1. The first-order valence-corrected chi connectivity index (χ1v) is 9.02. The topological polar surface area (TPSA) is 76.2 Å². The van der Waals surface area contributed by atoms with Crippen molar-refractivity contribution >= 4 is 22.4 Å². The second-order valence-electron chi connectivity index (χ2n) is 5.82. The molecule has 0 spiro atoms. The molecule has 0 radical (unpaired) electrons. The van der Waals surface area contributed by atoms with Crippen molar-refractivity contribution in [2.24, 2.45) is 0 Å². The standard InChI is InChI=1S/C19H21N3O3S/c1-11-16(18(23)25-4)12(2)21-17(11)14-10-26-19(22-14)20-9-13-7-5-6-8-15(13)24-3/h5-8,10,21H,9H2,1-4H3,(H,20,22). The molecule has 0 fully saturated rings. The van der Waals surface area contributed by atoms with Crippen molar-refractivity contribution in [2.45, 2.75) is 20.4 Å². The fraction of sp³-hybridized carbons (Fsp3) is 0.263. The van der Waals surface area contributed by atoms with E-state index < -0.39 is 0 Å². The first kappa shape index (κ1) is 18.0. The molecule has 0 aliphatic carbocycles. The molecule has 1 aromatic carbocycles. The third-order valence-corrected chi connectivity index (χ3v) is 5.01. The number of hydrogen-bond acceptors (Lipinski definition) is 6. The lowest BCUT2D eigenvalue weighted by molar-refractivity contribution is 0.0599. The van der Waals surface area contributed by atoms with Gasteiger partial charge in [-0.2, -0.15) is 0 Å². The number of aromatic amines is 1. The van der Waals surface area contributed by atoms with Gasteiger partial charge in [0.2, 0.25) is 0 Å². The summed E-state index contributed by atoms with van der Waals surface area (Å²) >= 11 is 1.52. The first-order chi connectivity index (χ1) is 12.5. The number of esters is 1. The van der Waals surface area contributed by atoms with Crippen molar-refractivity contribution in [3.63, 3.8) is 0 Å². The van der Waals surface area contributed by atoms with Gasteiger partial charge in [-0.05, 0) is 25.5 Å². The van der Waals surface area contributed by atoms with Crippen molar-refractivity contribution in [2.75, 3.05) is 19.5 Å². The Bertz CT molecular complexity index is 930. The molecule has 0 aliphatic heterocycles. The molecule has 136 valence electrons. The average Bonchev–Trinajstić information content (AvgIpc) is 3.23. The smallest absolute Gasteiger partial charge is 0.339 e. The Balaban J connectivity index is 1.79. The van der Waals surface area contributed by atoms with Crippen LogP contribution < -0.4 is 10.1 Å². The summed E-state index contributed by atoms with van der Waals surface area (Å²) in [5.41, 5.74) is 4.89. The molecule has 3 rings (SSSR count). The highest BCUT2D eigenvalue weighted by molar-refractivity contribution is 7.14. The molecule has 7 heteroatoms. The fourth-order valence-corrected chi connectivity index (χ4v) is 3.60. The third-order valence-electron chi connectivity index (χ3n) is 4.21. The quantitative estimate of drug-likeness (QED) is 0.636. The van der Waals surface area contributed by atoms with Crippen molar-refractivity contribution in [3.8, 4) is 17.1 Å². The van der Waals surface area contributed by atoms with Crippen LogP contribution in [-0.2, 0) is 11.3 Å². The number of nitrogens with zero attached hydrogens (tertiary/aromatic N) is 1. The van der Waals surface area contributed by atoms with E-state index in [1.807, 2.05) is 43.5 Å². The van der Waals surface area contributed by atoms with Gasteiger partial charge in [-0.15, -0.1) is 11.3 Å². The summed E-state index contributed by atoms with van der Waals surface area (Å²) in [6.07, 6.45) is 0. The maximum Gasteiger partial charge on any atom is 0.339 e. The molecule has 2 aromatic heterocycles. The Morgan fingerprint density at radius 2 is 2.04 bits per heavy atom. The minimum absolute atomic E-state index is 0.341. The molecule has 2 N–H and O–H groups in total. The second-order valence-corrected chi connectivity index (χ2v) is 6.68. The van der Waals surface area contributed by atoms with Crippen LogP contribution in [0.1, 0.15) is 27.2 Å². The number of thiazole rings is 1. The van der Waals surface area contributed by atoms with Crippen LogP contribution in [0.15, 0.2) is 29.6 Å². The summed E-state index contributed by atoms with van der Waals surface area (Å²) in [7, 11) is 3.05. The van der Waals surface area contributed by atoms with Crippen LogP contribution in [0, 0.1) is 13.8 Å². The van der Waals surface area contributed by atoms with E-state index in [9.17, 15) is 4.79 Å². The van der Waals surface area contributed by atoms with Crippen LogP contribution in [0.3, 0.4) is 0 Å². The molecular weight excluding hydrogens is 350 g/mol. The molecular formula is C19H21N3O3S. The number of carbonyl (C=O) groups excluding carboxylic acids is 1. The number of hydrogen-bond donors (Lipinski definition) is 2. The average molecular weight is 371 g/mol. The number of aromatic nitrogens is 2. The maximum atomic E-state index is 11.9. The van der Waals surface area contributed by atoms with Crippen LogP contribution >= 0.6 is 11.3 Å². The maximum absolute atomic E-state index is 11.9. The summed E-state index contributed by atoms with van der Waals surface area (Å²) < 4.78 is 10.2. The Morgan fingerprint density at radius 3 is 2.77 bits per heavy atom. The molecule has 3 aromatic rings. The van der Waals surface area contributed by atoms with Gasteiger partial charge in [-0.1, -0.05) is 18.2 Å². The predicted octanol–water partition coefficient (Wildman–Crippen LogP) is 4.16. The van der Waals surface area contributed by atoms with Gasteiger partial charge in [0.25, 0.3) is 0 Å². The zero-order valence-electron chi connectivity index (χ0n) is 15.2. The number of para-hydroxylation sites is 1. The van der Waals surface area contributed by atoms with E-state index in [1.165, 1.54) is 18.4 Å². The lowest BCUT2D eigenvalue weighted by Gasteiger charge is -2.08. The monoisotopic (exact) mass is 371 g/mol. The van der Waals surface area contributed by atoms with Crippen molar-refractivity contribution in [3.05, 3.63) is 52.0 Å². The number of nitrogens with one attached hydrogen (secondary N) is 2. The van der Waals surface area contributed by atoms with Crippen molar-refractivity contribution in [1.82, 2.24) is 9.97 Å². The number of rotatable bonds is 6. The molecule has 0 amide bonds. The zero-order chi connectivity index (χ0) is 18.7. The number of H-pyrrole nitrogens is 1. The van der Waals surface area contributed by atoms with Crippen molar-refractivity contribution < 1.29 is 14.3 Å². The van der Waals surface area contributed by atoms with E-state index in [-0.39, 0.29) is 5.97 Å². The molecule has 0 aliphatic rings. The van der Waals surface area contributed by atoms with Gasteiger partial charge in [0.05, 0.1) is 25.5 Å². The van der Waals surface area contributed by atoms with Crippen LogP contribution in [0.25, 0.3) is 11.4 Å². The van der Waals surface area contributed by atoms with E-state index in [1.54, 1.807) is 7.11 Å². The molecule has 2 heterocycles. The van der Waals surface area contributed by atoms with Gasteiger partial charge in [-0.25, -0.2) is 9.78 Å². The van der Waals surface area contributed by atoms with Gasteiger partial charge < -0.3 is 19.8 Å².